The number of benzene rings is 1. The Kier molecular flexibility index (Phi) is 1.53. The third-order valence-corrected chi connectivity index (χ3v) is 2.14. The van der Waals surface area contributed by atoms with Gasteiger partial charge in [0.15, 0.2) is 5.58 Å². The summed E-state index contributed by atoms with van der Waals surface area (Å²) in [6.07, 6.45) is 1.65. The fourth-order valence-corrected chi connectivity index (χ4v) is 1.43. The van der Waals surface area contributed by atoms with Crippen LogP contribution >= 0.6 is 0 Å². The number of rotatable bonds is 1. The molecule has 2 heterocycles. The van der Waals surface area contributed by atoms with E-state index >= 15 is 0 Å². The highest BCUT2D eigenvalue weighted by Gasteiger charge is 2.08. The van der Waals surface area contributed by atoms with E-state index in [0.29, 0.717) is 17.2 Å². The van der Waals surface area contributed by atoms with Gasteiger partial charge in [0.05, 0.1) is 0 Å². The van der Waals surface area contributed by atoms with Crippen LogP contribution in [0.2, 0.25) is 0 Å². The summed E-state index contributed by atoms with van der Waals surface area (Å²) in [5.74, 6) is 0.521. The van der Waals surface area contributed by atoms with Crippen LogP contribution in [0.4, 0.5) is 5.69 Å². The van der Waals surface area contributed by atoms with Crippen LogP contribution in [0.3, 0.4) is 0 Å². The number of H-pyrrole nitrogens is 1. The average molecular weight is 200 g/mol. The fraction of sp³-hybridized carbons (Fsp3) is 0. The van der Waals surface area contributed by atoms with Gasteiger partial charge in [0.25, 0.3) is 0 Å². The number of nitrogens with two attached hydrogens (primary N) is 1. The molecular weight excluding hydrogens is 192 g/mol. The minimum atomic E-state index is 0.521. The number of oxazole rings is 1. The molecule has 5 nitrogen and oxygen atoms in total. The summed E-state index contributed by atoms with van der Waals surface area (Å²) in [6.45, 7) is 0. The van der Waals surface area contributed by atoms with Gasteiger partial charge >= 0.3 is 0 Å². The van der Waals surface area contributed by atoms with Crippen molar-refractivity contribution in [3.8, 4) is 11.6 Å². The van der Waals surface area contributed by atoms with Crippen LogP contribution in [-0.2, 0) is 0 Å². The predicted molar refractivity (Wildman–Crippen MR) is 56.0 cm³/mol. The smallest absolute Gasteiger partial charge is 0.245 e. The number of hydrogen-bond acceptors (Lipinski definition) is 4. The molecule has 0 unspecified atom stereocenters. The highest BCUT2D eigenvalue weighted by Crippen LogP contribution is 2.23. The van der Waals surface area contributed by atoms with Crippen LogP contribution in [0, 0.1) is 0 Å². The molecule has 0 fully saturated rings. The standard InChI is InChI=1S/C10H8N4O/c11-6-1-2-9-8(5-6)13-10(15-9)7-3-4-12-14-7/h1-5H,11H2,(H,12,14). The summed E-state index contributed by atoms with van der Waals surface area (Å²) in [6, 6.07) is 7.16. The van der Waals surface area contributed by atoms with Crippen molar-refractivity contribution in [1.29, 1.82) is 0 Å². The van der Waals surface area contributed by atoms with Crippen molar-refractivity contribution in [3.05, 3.63) is 30.5 Å². The summed E-state index contributed by atoms with van der Waals surface area (Å²) in [5, 5.41) is 6.63. The molecule has 3 rings (SSSR count). The number of anilines is 1. The van der Waals surface area contributed by atoms with Crippen molar-refractivity contribution >= 4 is 16.8 Å². The number of hydrogen-bond donors (Lipinski definition) is 2. The van der Waals surface area contributed by atoms with E-state index in [1.807, 2.05) is 0 Å². The molecule has 74 valence electrons. The SMILES string of the molecule is Nc1ccc2oc(-c3ccn[nH]3)nc2c1. The lowest BCUT2D eigenvalue weighted by molar-refractivity contribution is 0.616. The van der Waals surface area contributed by atoms with Crippen LogP contribution in [0.5, 0.6) is 0 Å². The summed E-state index contributed by atoms with van der Waals surface area (Å²) in [7, 11) is 0. The molecule has 0 spiro atoms. The van der Waals surface area contributed by atoms with Gasteiger partial charge in [-0.15, -0.1) is 0 Å². The second-order valence-electron chi connectivity index (χ2n) is 3.22. The zero-order valence-corrected chi connectivity index (χ0v) is 7.77. The first kappa shape index (κ1) is 8.05. The Morgan fingerprint density at radius 3 is 3.00 bits per heavy atom. The maximum Gasteiger partial charge on any atom is 0.245 e. The molecule has 0 bridgehead atoms. The quantitative estimate of drug-likeness (QED) is 0.587. The fourth-order valence-electron chi connectivity index (χ4n) is 1.43. The van der Waals surface area contributed by atoms with Crippen LogP contribution in [0.25, 0.3) is 22.7 Å². The molecule has 0 aliphatic rings. The number of aromatic nitrogens is 3. The van der Waals surface area contributed by atoms with Crippen LogP contribution in [0.15, 0.2) is 34.9 Å². The van der Waals surface area contributed by atoms with Gasteiger partial charge in [-0.1, -0.05) is 0 Å². The van der Waals surface area contributed by atoms with Gasteiger partial charge < -0.3 is 10.2 Å². The Labute approximate surface area is 84.9 Å². The van der Waals surface area contributed by atoms with Gasteiger partial charge in [-0.3, -0.25) is 5.10 Å². The van der Waals surface area contributed by atoms with Crippen molar-refractivity contribution in [3.63, 3.8) is 0 Å². The van der Waals surface area contributed by atoms with E-state index in [1.165, 1.54) is 0 Å². The average Bonchev–Trinajstić information content (AvgIpc) is 2.84. The second kappa shape index (κ2) is 2.84. The van der Waals surface area contributed by atoms with E-state index in [2.05, 4.69) is 15.2 Å². The van der Waals surface area contributed by atoms with E-state index in [1.54, 1.807) is 30.5 Å². The van der Waals surface area contributed by atoms with E-state index in [-0.39, 0.29) is 0 Å². The zero-order chi connectivity index (χ0) is 10.3. The molecule has 2 aromatic heterocycles. The van der Waals surface area contributed by atoms with Crippen molar-refractivity contribution in [2.24, 2.45) is 0 Å². The van der Waals surface area contributed by atoms with Gasteiger partial charge in [-0.25, -0.2) is 4.98 Å². The molecule has 0 saturated carbocycles. The molecule has 0 saturated heterocycles. The van der Waals surface area contributed by atoms with Crippen molar-refractivity contribution in [2.75, 3.05) is 5.73 Å². The molecular formula is C10H8N4O. The normalized spacial score (nSPS) is 10.9. The van der Waals surface area contributed by atoms with E-state index in [4.69, 9.17) is 10.2 Å². The maximum absolute atomic E-state index is 5.65. The molecule has 1 aromatic carbocycles. The van der Waals surface area contributed by atoms with Gasteiger partial charge in [0.1, 0.15) is 11.2 Å². The van der Waals surface area contributed by atoms with E-state index < -0.39 is 0 Å². The molecule has 0 aliphatic heterocycles. The number of nitrogens with one attached hydrogen (secondary N) is 1. The van der Waals surface area contributed by atoms with Gasteiger partial charge in [-0.2, -0.15) is 5.10 Å². The predicted octanol–water partition coefficient (Wildman–Crippen LogP) is 1.80. The van der Waals surface area contributed by atoms with Crippen LogP contribution in [0.1, 0.15) is 0 Å². The number of fused-ring (bicyclic) bond motifs is 1. The largest absolute Gasteiger partial charge is 0.435 e. The first-order valence-electron chi connectivity index (χ1n) is 4.49. The van der Waals surface area contributed by atoms with Crippen LogP contribution in [-0.4, -0.2) is 15.2 Å². The second-order valence-corrected chi connectivity index (χ2v) is 3.22. The Balaban J connectivity index is 2.22. The van der Waals surface area contributed by atoms with Gasteiger partial charge in [0.2, 0.25) is 5.89 Å². The van der Waals surface area contributed by atoms with Crippen molar-refractivity contribution in [2.45, 2.75) is 0 Å². The first-order valence-corrected chi connectivity index (χ1v) is 4.49. The first-order chi connectivity index (χ1) is 7.33. The molecule has 0 amide bonds. The zero-order valence-electron chi connectivity index (χ0n) is 7.77. The number of nitrogens with zero attached hydrogens (tertiary/aromatic N) is 2. The minimum absolute atomic E-state index is 0.521. The Morgan fingerprint density at radius 2 is 2.20 bits per heavy atom. The summed E-state index contributed by atoms with van der Waals surface area (Å²) in [4.78, 5) is 4.30. The minimum Gasteiger partial charge on any atom is -0.435 e. The summed E-state index contributed by atoms with van der Waals surface area (Å²) < 4.78 is 5.53. The Bertz CT molecular complexity index is 597. The molecule has 0 radical (unpaired) electrons. The highest BCUT2D eigenvalue weighted by atomic mass is 16.3. The monoisotopic (exact) mass is 200 g/mol. The van der Waals surface area contributed by atoms with Crippen molar-refractivity contribution in [1.82, 2.24) is 15.2 Å². The molecule has 15 heavy (non-hydrogen) atoms. The third-order valence-electron chi connectivity index (χ3n) is 2.14. The lowest BCUT2D eigenvalue weighted by Gasteiger charge is -1.88. The lowest BCUT2D eigenvalue weighted by Crippen LogP contribution is -1.82. The Hall–Kier alpha value is -2.30. The lowest BCUT2D eigenvalue weighted by atomic mass is 10.3. The maximum atomic E-state index is 5.65. The van der Waals surface area contributed by atoms with Crippen LogP contribution < -0.4 is 5.73 Å². The molecule has 5 heteroatoms. The molecule has 0 atom stereocenters. The summed E-state index contributed by atoms with van der Waals surface area (Å²) >= 11 is 0. The van der Waals surface area contributed by atoms with Crippen molar-refractivity contribution < 1.29 is 4.42 Å². The number of nitrogen functional groups attached to an aromatic ring is 1. The van der Waals surface area contributed by atoms with E-state index in [9.17, 15) is 0 Å². The molecule has 3 aromatic rings. The molecule has 3 N–H and O–H groups in total. The third kappa shape index (κ3) is 1.25. The topological polar surface area (TPSA) is 80.7 Å². The Morgan fingerprint density at radius 1 is 1.27 bits per heavy atom. The molecule has 0 aliphatic carbocycles. The number of aromatic amines is 1. The summed E-state index contributed by atoms with van der Waals surface area (Å²) in [5.41, 5.74) is 8.54. The van der Waals surface area contributed by atoms with Gasteiger partial charge in [0, 0.05) is 11.9 Å². The highest BCUT2D eigenvalue weighted by molar-refractivity contribution is 5.78. The van der Waals surface area contributed by atoms with E-state index in [0.717, 1.165) is 11.2 Å². The van der Waals surface area contributed by atoms with Gasteiger partial charge in [-0.05, 0) is 24.3 Å².